The summed E-state index contributed by atoms with van der Waals surface area (Å²) in [6, 6.07) is 25.2. The zero-order chi connectivity index (χ0) is 23.0. The minimum absolute atomic E-state index is 0.0208. The molecular formula is C26H22ClN3O3. The molecule has 0 spiro atoms. The van der Waals surface area contributed by atoms with Gasteiger partial charge in [0.05, 0.1) is 34.9 Å². The topological polar surface area (TPSA) is 73.2 Å². The number of rotatable bonds is 8. The Morgan fingerprint density at radius 3 is 2.33 bits per heavy atom. The molecule has 1 aromatic heterocycles. The van der Waals surface area contributed by atoms with Gasteiger partial charge >= 0.3 is 5.97 Å². The first-order valence-electron chi connectivity index (χ1n) is 10.4. The minimum atomic E-state index is -0.561. The van der Waals surface area contributed by atoms with E-state index in [4.69, 9.17) is 16.3 Å². The highest BCUT2D eigenvalue weighted by Crippen LogP contribution is 2.21. The third kappa shape index (κ3) is 5.87. The van der Waals surface area contributed by atoms with Crippen molar-refractivity contribution in [2.45, 2.75) is 19.1 Å². The molecule has 1 heterocycles. The fourth-order valence-corrected chi connectivity index (χ4v) is 3.59. The van der Waals surface area contributed by atoms with Crippen molar-refractivity contribution in [3.8, 4) is 5.69 Å². The fourth-order valence-electron chi connectivity index (χ4n) is 3.36. The van der Waals surface area contributed by atoms with Crippen LogP contribution in [-0.4, -0.2) is 21.7 Å². The largest absolute Gasteiger partial charge is 0.461 e. The van der Waals surface area contributed by atoms with Crippen LogP contribution in [-0.2, 0) is 16.1 Å². The van der Waals surface area contributed by atoms with Crippen LogP contribution < -0.4 is 5.32 Å². The number of benzene rings is 3. The highest BCUT2D eigenvalue weighted by atomic mass is 35.5. The van der Waals surface area contributed by atoms with Gasteiger partial charge in [0, 0.05) is 11.8 Å². The Labute approximate surface area is 196 Å². The third-order valence-electron chi connectivity index (χ3n) is 5.05. The summed E-state index contributed by atoms with van der Waals surface area (Å²) in [4.78, 5) is 25.4. The Hall–Kier alpha value is -3.90. The smallest absolute Gasteiger partial charge is 0.308 e. The van der Waals surface area contributed by atoms with Crippen LogP contribution in [0.3, 0.4) is 0 Å². The minimum Gasteiger partial charge on any atom is -0.461 e. The van der Waals surface area contributed by atoms with Gasteiger partial charge in [-0.3, -0.25) is 9.59 Å². The maximum Gasteiger partial charge on any atom is 0.308 e. The molecule has 1 N–H and O–H groups in total. The van der Waals surface area contributed by atoms with Crippen LogP contribution in [0.2, 0.25) is 5.02 Å². The lowest BCUT2D eigenvalue weighted by Crippen LogP contribution is -2.30. The summed E-state index contributed by atoms with van der Waals surface area (Å²) >= 11 is 6.16. The van der Waals surface area contributed by atoms with Crippen molar-refractivity contribution >= 4 is 23.5 Å². The van der Waals surface area contributed by atoms with Gasteiger partial charge in [-0.05, 0) is 29.8 Å². The predicted molar refractivity (Wildman–Crippen MR) is 126 cm³/mol. The van der Waals surface area contributed by atoms with E-state index in [1.54, 1.807) is 35.1 Å². The lowest BCUT2D eigenvalue weighted by molar-refractivity contribution is -0.145. The molecule has 0 saturated heterocycles. The average molecular weight is 460 g/mol. The first-order chi connectivity index (χ1) is 16.1. The average Bonchev–Trinajstić information content (AvgIpc) is 3.33. The van der Waals surface area contributed by atoms with Crippen molar-refractivity contribution in [3.63, 3.8) is 0 Å². The third-order valence-corrected chi connectivity index (χ3v) is 5.38. The van der Waals surface area contributed by atoms with Gasteiger partial charge in [-0.1, -0.05) is 72.3 Å². The standard InChI is InChI=1S/C26H22ClN3O3/c27-23-14-8-7-13-22(23)26(32)29-24(20-9-3-1-4-10-20)15-25(31)33-18-19-16-28-30(17-19)21-11-5-2-6-12-21/h1-14,16-17,24H,15,18H2,(H,29,32). The van der Waals surface area contributed by atoms with Gasteiger partial charge in [-0.25, -0.2) is 4.68 Å². The van der Waals surface area contributed by atoms with Crippen molar-refractivity contribution in [1.29, 1.82) is 0 Å². The van der Waals surface area contributed by atoms with E-state index >= 15 is 0 Å². The lowest BCUT2D eigenvalue weighted by atomic mass is 10.0. The molecule has 0 radical (unpaired) electrons. The fraction of sp³-hybridized carbons (Fsp3) is 0.115. The van der Waals surface area contributed by atoms with Crippen LogP contribution in [0.5, 0.6) is 0 Å². The molecule has 3 aromatic carbocycles. The van der Waals surface area contributed by atoms with Crippen LogP contribution in [0.4, 0.5) is 0 Å². The van der Waals surface area contributed by atoms with Crippen LogP contribution in [0.15, 0.2) is 97.3 Å². The van der Waals surface area contributed by atoms with Crippen molar-refractivity contribution in [1.82, 2.24) is 15.1 Å². The van der Waals surface area contributed by atoms with Crippen molar-refractivity contribution < 1.29 is 14.3 Å². The molecule has 4 aromatic rings. The Morgan fingerprint density at radius 2 is 1.61 bits per heavy atom. The molecular weight excluding hydrogens is 438 g/mol. The number of aromatic nitrogens is 2. The van der Waals surface area contributed by atoms with E-state index in [2.05, 4.69) is 10.4 Å². The number of halogens is 1. The summed E-state index contributed by atoms with van der Waals surface area (Å²) in [5.41, 5.74) is 2.83. The van der Waals surface area contributed by atoms with Gasteiger partial charge in [-0.15, -0.1) is 0 Å². The van der Waals surface area contributed by atoms with Crippen molar-refractivity contribution in [3.05, 3.63) is 119 Å². The number of nitrogens with one attached hydrogen (secondary N) is 1. The summed E-state index contributed by atoms with van der Waals surface area (Å²) in [6.45, 7) is 0.0889. The molecule has 7 heteroatoms. The summed E-state index contributed by atoms with van der Waals surface area (Å²) in [7, 11) is 0. The van der Waals surface area contributed by atoms with Crippen LogP contribution >= 0.6 is 11.6 Å². The maximum absolute atomic E-state index is 12.8. The van der Waals surface area contributed by atoms with Gasteiger partial charge in [0.25, 0.3) is 5.91 Å². The quantitative estimate of drug-likeness (QED) is 0.371. The molecule has 0 aliphatic carbocycles. The second kappa shape index (κ2) is 10.6. The molecule has 0 saturated carbocycles. The van der Waals surface area contributed by atoms with Crippen molar-refractivity contribution in [2.75, 3.05) is 0 Å². The Bertz CT molecular complexity index is 1230. The van der Waals surface area contributed by atoms with Gasteiger partial charge < -0.3 is 10.1 Å². The molecule has 1 amide bonds. The van der Waals surface area contributed by atoms with E-state index in [0.717, 1.165) is 16.8 Å². The molecule has 33 heavy (non-hydrogen) atoms. The number of nitrogens with zero attached hydrogens (tertiary/aromatic N) is 2. The van der Waals surface area contributed by atoms with Crippen molar-refractivity contribution in [2.24, 2.45) is 0 Å². The van der Waals surface area contributed by atoms with Gasteiger partial charge in [0.15, 0.2) is 0 Å². The number of esters is 1. The highest BCUT2D eigenvalue weighted by Gasteiger charge is 2.21. The molecule has 166 valence electrons. The Morgan fingerprint density at radius 1 is 0.939 bits per heavy atom. The van der Waals surface area contributed by atoms with Gasteiger partial charge in [-0.2, -0.15) is 5.10 Å². The van der Waals surface area contributed by atoms with Crippen LogP contribution in [0.1, 0.15) is 33.9 Å². The summed E-state index contributed by atoms with van der Waals surface area (Å²) in [5.74, 6) is -0.790. The predicted octanol–water partition coefficient (Wildman–Crippen LogP) is 5.13. The SMILES string of the molecule is O=C(CC(NC(=O)c1ccccc1Cl)c1ccccc1)OCc1cnn(-c2ccccc2)c1. The van der Waals surface area contributed by atoms with Gasteiger partial charge in [0.2, 0.25) is 0 Å². The number of ether oxygens (including phenoxy) is 1. The highest BCUT2D eigenvalue weighted by molar-refractivity contribution is 6.33. The maximum atomic E-state index is 12.8. The first-order valence-corrected chi connectivity index (χ1v) is 10.8. The Balaban J connectivity index is 1.41. The lowest BCUT2D eigenvalue weighted by Gasteiger charge is -2.19. The number of amides is 1. The first kappa shape index (κ1) is 22.3. The Kier molecular flexibility index (Phi) is 7.17. The molecule has 0 bridgehead atoms. The summed E-state index contributed by atoms with van der Waals surface area (Å²) in [5, 5.41) is 7.56. The number of hydrogen-bond donors (Lipinski definition) is 1. The normalized spacial score (nSPS) is 11.5. The molecule has 6 nitrogen and oxygen atoms in total. The number of carbonyl (C=O) groups is 2. The molecule has 0 fully saturated rings. The molecule has 1 unspecified atom stereocenters. The van der Waals surface area contributed by atoms with E-state index in [9.17, 15) is 9.59 Å². The molecule has 4 rings (SSSR count). The molecule has 0 aliphatic rings. The monoisotopic (exact) mass is 459 g/mol. The number of carbonyl (C=O) groups excluding carboxylic acids is 2. The van der Waals surface area contributed by atoms with E-state index in [1.807, 2.05) is 66.9 Å². The van der Waals surface area contributed by atoms with Gasteiger partial charge in [0.1, 0.15) is 6.61 Å². The second-order valence-electron chi connectivity index (χ2n) is 7.41. The number of para-hydroxylation sites is 1. The molecule has 0 aliphatic heterocycles. The second-order valence-corrected chi connectivity index (χ2v) is 7.82. The summed E-state index contributed by atoms with van der Waals surface area (Å²) < 4.78 is 7.19. The van der Waals surface area contributed by atoms with E-state index < -0.39 is 12.0 Å². The van der Waals surface area contributed by atoms with Crippen LogP contribution in [0.25, 0.3) is 5.69 Å². The molecule has 1 atom stereocenters. The number of hydrogen-bond acceptors (Lipinski definition) is 4. The van der Waals surface area contributed by atoms with E-state index in [-0.39, 0.29) is 18.9 Å². The van der Waals surface area contributed by atoms with E-state index in [0.29, 0.717) is 10.6 Å². The van der Waals surface area contributed by atoms with Crippen LogP contribution in [0, 0.1) is 0 Å². The van der Waals surface area contributed by atoms with E-state index in [1.165, 1.54) is 0 Å². The zero-order valence-electron chi connectivity index (χ0n) is 17.7. The zero-order valence-corrected chi connectivity index (χ0v) is 18.5. The summed E-state index contributed by atoms with van der Waals surface area (Å²) in [6.07, 6.45) is 3.46.